The van der Waals surface area contributed by atoms with Crippen molar-refractivity contribution >= 4 is 17.7 Å². The molecule has 1 atom stereocenters. The molecule has 1 aromatic rings. The van der Waals surface area contributed by atoms with Crippen LogP contribution in [0.15, 0.2) is 24.5 Å². The van der Waals surface area contributed by atoms with Crippen LogP contribution in [0.5, 0.6) is 0 Å². The first-order valence-corrected chi connectivity index (χ1v) is 9.82. The highest BCUT2D eigenvalue weighted by molar-refractivity contribution is 5.96. The van der Waals surface area contributed by atoms with Gasteiger partial charge >= 0.3 is 6.09 Å². The highest BCUT2D eigenvalue weighted by atomic mass is 16.6. The molecule has 3 rings (SSSR count). The monoisotopic (exact) mass is 359 g/mol. The second kappa shape index (κ2) is 9.01. The lowest BCUT2D eigenvalue weighted by molar-refractivity contribution is -0.120. The molecular formula is C20H29N3O3. The molecule has 26 heavy (non-hydrogen) atoms. The zero-order chi connectivity index (χ0) is 18.4. The number of carbonyl (C=O) groups is 2. The normalized spacial score (nSPS) is 19.9. The number of hydrogen-bond donors (Lipinski definition) is 0. The molecule has 6 heteroatoms. The summed E-state index contributed by atoms with van der Waals surface area (Å²) in [6.45, 7) is 4.59. The van der Waals surface area contributed by atoms with Crippen molar-refractivity contribution in [1.82, 2.24) is 9.88 Å². The Morgan fingerprint density at radius 3 is 2.88 bits per heavy atom. The van der Waals surface area contributed by atoms with E-state index >= 15 is 0 Å². The maximum Gasteiger partial charge on any atom is 0.409 e. The average Bonchev–Trinajstić information content (AvgIpc) is 3.52. The van der Waals surface area contributed by atoms with Crippen LogP contribution in [0.1, 0.15) is 45.4 Å². The van der Waals surface area contributed by atoms with Gasteiger partial charge in [0.25, 0.3) is 0 Å². The lowest BCUT2D eigenvalue weighted by Crippen LogP contribution is -2.45. The predicted molar refractivity (Wildman–Crippen MR) is 99.9 cm³/mol. The topological polar surface area (TPSA) is 62.7 Å². The summed E-state index contributed by atoms with van der Waals surface area (Å²) in [5.41, 5.74) is 0.854. The molecule has 0 aromatic carbocycles. The van der Waals surface area contributed by atoms with Gasteiger partial charge in [0.15, 0.2) is 0 Å². The van der Waals surface area contributed by atoms with Crippen LogP contribution >= 0.6 is 0 Å². The molecule has 0 spiro atoms. The van der Waals surface area contributed by atoms with Gasteiger partial charge in [0.05, 0.1) is 18.5 Å². The van der Waals surface area contributed by atoms with Gasteiger partial charge in [-0.2, -0.15) is 0 Å². The standard InChI is InChI=1S/C20H29N3O3/c1-2-3-12-26-20(25)22-11-5-6-16(14-22)15-23(19(24)17-8-9-17)18-7-4-10-21-13-18/h4,7,10,13,16-17H,2-3,5-6,8-9,11-12,14-15H2,1H3. The van der Waals surface area contributed by atoms with Gasteiger partial charge in [0, 0.05) is 31.7 Å². The van der Waals surface area contributed by atoms with Crippen LogP contribution in [-0.4, -0.2) is 48.1 Å². The molecule has 1 aliphatic carbocycles. The zero-order valence-electron chi connectivity index (χ0n) is 15.6. The van der Waals surface area contributed by atoms with E-state index in [0.29, 0.717) is 19.7 Å². The summed E-state index contributed by atoms with van der Waals surface area (Å²) < 4.78 is 5.35. The molecule has 1 unspecified atom stereocenters. The first-order chi connectivity index (χ1) is 12.7. The number of anilines is 1. The van der Waals surface area contributed by atoms with Gasteiger partial charge < -0.3 is 14.5 Å². The van der Waals surface area contributed by atoms with Gasteiger partial charge in [-0.15, -0.1) is 0 Å². The zero-order valence-corrected chi connectivity index (χ0v) is 15.6. The number of nitrogens with zero attached hydrogens (tertiary/aromatic N) is 3. The van der Waals surface area contributed by atoms with Crippen molar-refractivity contribution in [3.8, 4) is 0 Å². The van der Waals surface area contributed by atoms with Crippen molar-refractivity contribution in [2.24, 2.45) is 11.8 Å². The van der Waals surface area contributed by atoms with Crippen molar-refractivity contribution in [1.29, 1.82) is 0 Å². The maximum atomic E-state index is 12.8. The average molecular weight is 359 g/mol. The molecule has 142 valence electrons. The summed E-state index contributed by atoms with van der Waals surface area (Å²) in [6, 6.07) is 3.80. The van der Waals surface area contributed by atoms with Crippen LogP contribution in [0.25, 0.3) is 0 Å². The Balaban J connectivity index is 1.61. The number of pyridine rings is 1. The fourth-order valence-electron chi connectivity index (χ4n) is 3.42. The molecule has 1 aliphatic heterocycles. The number of aromatic nitrogens is 1. The summed E-state index contributed by atoms with van der Waals surface area (Å²) in [7, 11) is 0. The van der Waals surface area contributed by atoms with E-state index in [9.17, 15) is 9.59 Å². The van der Waals surface area contributed by atoms with Crippen molar-refractivity contribution in [3.05, 3.63) is 24.5 Å². The molecule has 0 bridgehead atoms. The van der Waals surface area contributed by atoms with Gasteiger partial charge in [-0.3, -0.25) is 9.78 Å². The predicted octanol–water partition coefficient (Wildman–Crippen LogP) is 3.47. The van der Waals surface area contributed by atoms with E-state index in [-0.39, 0.29) is 23.8 Å². The van der Waals surface area contributed by atoms with E-state index < -0.39 is 0 Å². The van der Waals surface area contributed by atoms with Crippen molar-refractivity contribution in [3.63, 3.8) is 0 Å². The van der Waals surface area contributed by atoms with E-state index in [0.717, 1.165) is 50.8 Å². The summed E-state index contributed by atoms with van der Waals surface area (Å²) in [6.07, 6.45) is 9.10. The third kappa shape index (κ3) is 4.96. The molecule has 6 nitrogen and oxygen atoms in total. The van der Waals surface area contributed by atoms with Crippen LogP contribution in [-0.2, 0) is 9.53 Å². The van der Waals surface area contributed by atoms with Gasteiger partial charge in [0.1, 0.15) is 0 Å². The van der Waals surface area contributed by atoms with Crippen LogP contribution in [0.4, 0.5) is 10.5 Å². The van der Waals surface area contributed by atoms with Crippen molar-refractivity contribution in [2.75, 3.05) is 31.1 Å². The lowest BCUT2D eigenvalue weighted by atomic mass is 9.97. The first kappa shape index (κ1) is 18.7. The molecule has 0 N–H and O–H groups in total. The number of rotatable bonds is 7. The fraction of sp³-hybridized carbons (Fsp3) is 0.650. The largest absolute Gasteiger partial charge is 0.449 e. The number of hydrogen-bond acceptors (Lipinski definition) is 4. The number of likely N-dealkylation sites (tertiary alicyclic amines) is 1. The van der Waals surface area contributed by atoms with E-state index in [1.165, 1.54) is 0 Å². The van der Waals surface area contributed by atoms with Crippen LogP contribution in [0.3, 0.4) is 0 Å². The Morgan fingerprint density at radius 2 is 2.19 bits per heavy atom. The number of piperidine rings is 1. The Kier molecular flexibility index (Phi) is 6.47. The molecule has 0 radical (unpaired) electrons. The molecule has 2 fully saturated rings. The molecule has 2 aliphatic rings. The SMILES string of the molecule is CCCCOC(=O)N1CCCC(CN(C(=O)C2CC2)c2cccnc2)C1. The second-order valence-electron chi connectivity index (χ2n) is 7.36. The Morgan fingerprint density at radius 1 is 1.35 bits per heavy atom. The Hall–Kier alpha value is -2.11. The Bertz CT molecular complexity index is 604. The minimum Gasteiger partial charge on any atom is -0.449 e. The van der Waals surface area contributed by atoms with Gasteiger partial charge in [-0.05, 0) is 50.2 Å². The van der Waals surface area contributed by atoms with Crippen molar-refractivity contribution < 1.29 is 14.3 Å². The summed E-state index contributed by atoms with van der Waals surface area (Å²) in [4.78, 5) is 32.8. The number of amides is 2. The number of ether oxygens (including phenoxy) is 1. The highest BCUT2D eigenvalue weighted by Gasteiger charge is 2.36. The highest BCUT2D eigenvalue weighted by Crippen LogP contribution is 2.33. The maximum absolute atomic E-state index is 12.8. The molecule has 2 heterocycles. The number of carbonyl (C=O) groups excluding carboxylic acids is 2. The fourth-order valence-corrected chi connectivity index (χ4v) is 3.42. The minimum atomic E-state index is -0.218. The van der Waals surface area contributed by atoms with Crippen LogP contribution in [0.2, 0.25) is 0 Å². The number of unbranched alkanes of at least 4 members (excludes halogenated alkanes) is 1. The quantitative estimate of drug-likeness (QED) is 0.699. The molecule has 2 amide bonds. The summed E-state index contributed by atoms with van der Waals surface area (Å²) in [5.74, 6) is 0.625. The summed E-state index contributed by atoms with van der Waals surface area (Å²) in [5, 5.41) is 0. The van der Waals surface area contributed by atoms with Crippen LogP contribution < -0.4 is 4.90 Å². The molecule has 1 saturated heterocycles. The molecular weight excluding hydrogens is 330 g/mol. The van der Waals surface area contributed by atoms with E-state index in [1.807, 2.05) is 17.0 Å². The van der Waals surface area contributed by atoms with Gasteiger partial charge in [-0.1, -0.05) is 13.3 Å². The van der Waals surface area contributed by atoms with E-state index in [1.54, 1.807) is 17.3 Å². The van der Waals surface area contributed by atoms with Gasteiger partial charge in [-0.25, -0.2) is 4.79 Å². The van der Waals surface area contributed by atoms with Crippen molar-refractivity contribution in [2.45, 2.75) is 45.4 Å². The second-order valence-corrected chi connectivity index (χ2v) is 7.36. The summed E-state index contributed by atoms with van der Waals surface area (Å²) >= 11 is 0. The third-order valence-electron chi connectivity index (χ3n) is 5.09. The van der Waals surface area contributed by atoms with E-state index in [4.69, 9.17) is 4.74 Å². The van der Waals surface area contributed by atoms with Crippen LogP contribution in [0, 0.1) is 11.8 Å². The molecule has 1 saturated carbocycles. The Labute approximate surface area is 155 Å². The van der Waals surface area contributed by atoms with Gasteiger partial charge in [0.2, 0.25) is 5.91 Å². The van der Waals surface area contributed by atoms with E-state index in [2.05, 4.69) is 11.9 Å². The first-order valence-electron chi connectivity index (χ1n) is 9.82. The third-order valence-corrected chi connectivity index (χ3v) is 5.09. The smallest absolute Gasteiger partial charge is 0.409 e. The lowest BCUT2D eigenvalue weighted by Gasteiger charge is -2.35. The molecule has 1 aromatic heterocycles. The minimum absolute atomic E-state index is 0.161.